The third-order valence-corrected chi connectivity index (χ3v) is 4.34. The molecule has 4 N–H and O–H groups in total. The quantitative estimate of drug-likeness (QED) is 0.590. The van der Waals surface area contributed by atoms with E-state index < -0.39 is 11.7 Å². The number of aromatic nitrogens is 3. The van der Waals surface area contributed by atoms with Crippen LogP contribution in [-0.4, -0.2) is 22.0 Å². The van der Waals surface area contributed by atoms with Crippen LogP contribution in [0.15, 0.2) is 48.5 Å². The van der Waals surface area contributed by atoms with Crippen LogP contribution < -0.4 is 16.0 Å². The van der Waals surface area contributed by atoms with Crippen LogP contribution in [0.4, 0.5) is 30.8 Å². The van der Waals surface area contributed by atoms with E-state index in [0.29, 0.717) is 24.9 Å². The highest BCUT2D eigenvalue weighted by Crippen LogP contribution is 2.29. The van der Waals surface area contributed by atoms with Crippen LogP contribution in [0, 0.1) is 6.92 Å². The summed E-state index contributed by atoms with van der Waals surface area (Å²) in [7, 11) is 1.91. The third-order valence-electron chi connectivity index (χ3n) is 4.34. The Morgan fingerprint density at radius 3 is 2.31 bits per heavy atom. The van der Waals surface area contributed by atoms with Gasteiger partial charge in [-0.25, -0.2) is 0 Å². The van der Waals surface area contributed by atoms with Crippen molar-refractivity contribution >= 4 is 17.6 Å². The van der Waals surface area contributed by atoms with E-state index in [0.717, 1.165) is 33.8 Å². The molecule has 0 amide bonds. The van der Waals surface area contributed by atoms with Gasteiger partial charge in [-0.05, 0) is 30.7 Å². The second-order valence-corrected chi connectivity index (χ2v) is 6.88. The Kier molecular flexibility index (Phi) is 5.97. The van der Waals surface area contributed by atoms with Crippen LogP contribution in [0.3, 0.4) is 0 Å². The summed E-state index contributed by atoms with van der Waals surface area (Å²) in [5.74, 6) is 0.954. The molecule has 152 valence electrons. The Morgan fingerprint density at radius 1 is 0.966 bits per heavy atom. The molecule has 0 bridgehead atoms. The van der Waals surface area contributed by atoms with Gasteiger partial charge in [0.05, 0.1) is 12.6 Å². The van der Waals surface area contributed by atoms with Crippen LogP contribution in [0.1, 0.15) is 22.5 Å². The van der Waals surface area contributed by atoms with Crippen molar-refractivity contribution in [3.8, 4) is 0 Å². The fourth-order valence-corrected chi connectivity index (χ4v) is 2.90. The molecule has 6 nitrogen and oxygen atoms in total. The molecule has 2 aromatic carbocycles. The van der Waals surface area contributed by atoms with E-state index in [1.54, 1.807) is 0 Å². The molecule has 1 aromatic heterocycles. The third kappa shape index (κ3) is 5.64. The lowest BCUT2D eigenvalue weighted by atomic mass is 10.1. The standard InChI is InChI=1S/C20H21F3N6/c1-13-5-3-4-6-16(13)25-19-27-17(26-18(24)28-19)12-29(2)11-14-7-9-15(10-8-14)20(21,22)23/h3-10H,11-12H2,1-2H3,(H3,24,25,26,27,28)/p+1. The number of para-hydroxylation sites is 1. The summed E-state index contributed by atoms with van der Waals surface area (Å²) in [5.41, 5.74) is 7.86. The lowest BCUT2D eigenvalue weighted by molar-refractivity contribution is -0.908. The summed E-state index contributed by atoms with van der Waals surface area (Å²) >= 11 is 0. The molecule has 9 heteroatoms. The number of nitrogen functional groups attached to an aromatic ring is 1. The van der Waals surface area contributed by atoms with E-state index >= 15 is 0 Å². The first-order valence-electron chi connectivity index (χ1n) is 9.01. The fourth-order valence-electron chi connectivity index (χ4n) is 2.90. The molecule has 0 saturated heterocycles. The molecule has 0 aliphatic heterocycles. The zero-order valence-electron chi connectivity index (χ0n) is 16.1. The minimum absolute atomic E-state index is 0.105. The van der Waals surface area contributed by atoms with Gasteiger partial charge < -0.3 is 16.0 Å². The van der Waals surface area contributed by atoms with Gasteiger partial charge in [0.1, 0.15) is 13.1 Å². The van der Waals surface area contributed by atoms with E-state index in [1.807, 2.05) is 38.2 Å². The van der Waals surface area contributed by atoms with Crippen LogP contribution >= 0.6 is 0 Å². The lowest BCUT2D eigenvalue weighted by Gasteiger charge is -2.15. The average molecular weight is 403 g/mol. The number of anilines is 3. The number of alkyl halides is 3. The zero-order valence-corrected chi connectivity index (χ0v) is 16.1. The maximum absolute atomic E-state index is 12.7. The molecular formula is C20H22F3N6+. The van der Waals surface area contributed by atoms with Crippen LogP contribution in [0.2, 0.25) is 0 Å². The van der Waals surface area contributed by atoms with E-state index in [4.69, 9.17) is 5.73 Å². The normalized spacial score (nSPS) is 12.6. The number of quaternary nitrogens is 1. The van der Waals surface area contributed by atoms with Gasteiger partial charge in [-0.1, -0.05) is 30.3 Å². The molecule has 0 aliphatic carbocycles. The summed E-state index contributed by atoms with van der Waals surface area (Å²) in [6.45, 7) is 2.93. The first-order chi connectivity index (χ1) is 13.7. The summed E-state index contributed by atoms with van der Waals surface area (Å²) in [6, 6.07) is 12.9. The first kappa shape index (κ1) is 20.5. The molecule has 0 spiro atoms. The predicted molar refractivity (Wildman–Crippen MR) is 104 cm³/mol. The predicted octanol–water partition coefficient (Wildman–Crippen LogP) is 2.74. The summed E-state index contributed by atoms with van der Waals surface area (Å²) < 4.78 is 38.0. The Hall–Kier alpha value is -3.20. The van der Waals surface area contributed by atoms with Gasteiger partial charge >= 0.3 is 6.18 Å². The Morgan fingerprint density at radius 2 is 1.66 bits per heavy atom. The topological polar surface area (TPSA) is 81.2 Å². The second-order valence-electron chi connectivity index (χ2n) is 6.88. The Labute approximate surface area is 166 Å². The molecule has 0 saturated carbocycles. The maximum atomic E-state index is 12.7. The van der Waals surface area contributed by atoms with Crippen molar-refractivity contribution in [1.29, 1.82) is 0 Å². The van der Waals surface area contributed by atoms with Crippen molar-refractivity contribution in [2.24, 2.45) is 0 Å². The molecule has 1 atom stereocenters. The summed E-state index contributed by atoms with van der Waals surface area (Å²) in [5, 5.41) is 3.14. The monoisotopic (exact) mass is 403 g/mol. The molecule has 1 unspecified atom stereocenters. The number of halogens is 3. The van der Waals surface area contributed by atoms with Gasteiger partial charge in [-0.2, -0.15) is 28.1 Å². The molecule has 3 aromatic rings. The number of nitrogens with one attached hydrogen (secondary N) is 2. The van der Waals surface area contributed by atoms with Crippen molar-refractivity contribution in [2.75, 3.05) is 18.1 Å². The van der Waals surface area contributed by atoms with E-state index in [-0.39, 0.29) is 5.95 Å². The number of hydrogen-bond acceptors (Lipinski definition) is 5. The largest absolute Gasteiger partial charge is 0.416 e. The van der Waals surface area contributed by atoms with Crippen molar-refractivity contribution < 1.29 is 18.1 Å². The molecular weight excluding hydrogens is 381 g/mol. The summed E-state index contributed by atoms with van der Waals surface area (Å²) in [6.07, 6.45) is -4.33. The number of rotatable bonds is 6. The van der Waals surface area contributed by atoms with Crippen LogP contribution in [0.5, 0.6) is 0 Å². The molecule has 3 rings (SSSR count). The van der Waals surface area contributed by atoms with E-state index in [1.165, 1.54) is 12.1 Å². The fraction of sp³-hybridized carbons (Fsp3) is 0.250. The highest BCUT2D eigenvalue weighted by Gasteiger charge is 2.30. The Bertz CT molecular complexity index is 973. The number of benzene rings is 2. The number of nitrogens with two attached hydrogens (primary N) is 1. The molecule has 0 aliphatic rings. The zero-order chi connectivity index (χ0) is 21.0. The van der Waals surface area contributed by atoms with Gasteiger partial charge in [0.15, 0.2) is 5.82 Å². The van der Waals surface area contributed by atoms with E-state index in [9.17, 15) is 13.2 Å². The molecule has 29 heavy (non-hydrogen) atoms. The first-order valence-corrected chi connectivity index (χ1v) is 9.01. The van der Waals surface area contributed by atoms with Crippen molar-refractivity contribution in [2.45, 2.75) is 26.2 Å². The highest BCUT2D eigenvalue weighted by atomic mass is 19.4. The van der Waals surface area contributed by atoms with Crippen molar-refractivity contribution in [3.63, 3.8) is 0 Å². The second kappa shape index (κ2) is 8.44. The number of nitrogens with zero attached hydrogens (tertiary/aromatic N) is 3. The van der Waals surface area contributed by atoms with Crippen LogP contribution in [0.25, 0.3) is 0 Å². The van der Waals surface area contributed by atoms with Gasteiger partial charge in [0.2, 0.25) is 11.9 Å². The SMILES string of the molecule is Cc1ccccc1Nc1nc(N)nc(C[NH+](C)Cc2ccc(C(F)(F)F)cc2)n1. The number of aryl methyl sites for hydroxylation is 1. The average Bonchev–Trinajstić information content (AvgIpc) is 2.63. The minimum atomic E-state index is -4.33. The maximum Gasteiger partial charge on any atom is 0.416 e. The highest BCUT2D eigenvalue weighted by molar-refractivity contribution is 5.58. The van der Waals surface area contributed by atoms with Gasteiger partial charge in [-0.15, -0.1) is 0 Å². The van der Waals surface area contributed by atoms with Crippen LogP contribution in [-0.2, 0) is 19.3 Å². The molecule has 0 radical (unpaired) electrons. The van der Waals surface area contributed by atoms with Crippen molar-refractivity contribution in [1.82, 2.24) is 15.0 Å². The lowest BCUT2D eigenvalue weighted by Crippen LogP contribution is -3.06. The molecule has 0 fully saturated rings. The smallest absolute Gasteiger partial charge is 0.368 e. The van der Waals surface area contributed by atoms with Crippen molar-refractivity contribution in [3.05, 3.63) is 71.0 Å². The van der Waals surface area contributed by atoms with Gasteiger partial charge in [-0.3, -0.25) is 0 Å². The Balaban J connectivity index is 1.68. The minimum Gasteiger partial charge on any atom is -0.368 e. The van der Waals surface area contributed by atoms with Gasteiger partial charge in [0.25, 0.3) is 0 Å². The molecule has 1 heterocycles. The van der Waals surface area contributed by atoms with E-state index in [2.05, 4.69) is 20.3 Å². The van der Waals surface area contributed by atoms with Gasteiger partial charge in [0, 0.05) is 11.3 Å². The summed E-state index contributed by atoms with van der Waals surface area (Å²) in [4.78, 5) is 13.7. The number of hydrogen-bond donors (Lipinski definition) is 3.